The summed E-state index contributed by atoms with van der Waals surface area (Å²) in [5.74, 6) is 0. The third-order valence-electron chi connectivity index (χ3n) is 4.15. The zero-order valence-electron chi connectivity index (χ0n) is 10.5. The van der Waals surface area contributed by atoms with Crippen LogP contribution >= 0.6 is 0 Å². The molecule has 0 saturated heterocycles. The van der Waals surface area contributed by atoms with E-state index >= 15 is 0 Å². The molecule has 2 rings (SSSR count). The molecule has 1 aromatic carbocycles. The lowest BCUT2D eigenvalue weighted by atomic mass is 9.72. The standard InChI is InChI=1S/C16H24/c1-16(12-6-3-7-13-16)14-8-11-15-9-4-2-5-10-15/h2,4-5,9-10H,3,6-8,11-14H2,1H3. The van der Waals surface area contributed by atoms with Gasteiger partial charge in [0.15, 0.2) is 0 Å². The summed E-state index contributed by atoms with van der Waals surface area (Å²) in [4.78, 5) is 0. The second-order valence-corrected chi connectivity index (χ2v) is 5.71. The minimum atomic E-state index is 0.660. The SMILES string of the molecule is CC1(CCCc2ccccc2)CCCCC1. The summed E-state index contributed by atoms with van der Waals surface area (Å²) in [6.07, 6.45) is 11.3. The number of hydrogen-bond acceptors (Lipinski definition) is 0. The second-order valence-electron chi connectivity index (χ2n) is 5.71. The zero-order chi connectivity index (χ0) is 11.3. The smallest absolute Gasteiger partial charge is 0.0279 e. The Hall–Kier alpha value is -0.780. The molecule has 1 aliphatic rings. The fraction of sp³-hybridized carbons (Fsp3) is 0.625. The molecule has 0 radical (unpaired) electrons. The van der Waals surface area contributed by atoms with Crippen LogP contribution in [0.5, 0.6) is 0 Å². The van der Waals surface area contributed by atoms with Crippen molar-refractivity contribution < 1.29 is 0 Å². The lowest BCUT2D eigenvalue weighted by molar-refractivity contribution is 0.194. The molecule has 0 aliphatic heterocycles. The molecule has 0 atom stereocenters. The largest absolute Gasteiger partial charge is 0.0622 e. The Labute approximate surface area is 100 Å². The summed E-state index contributed by atoms with van der Waals surface area (Å²) >= 11 is 0. The van der Waals surface area contributed by atoms with Crippen LogP contribution in [0.15, 0.2) is 30.3 Å². The molecule has 0 aromatic heterocycles. The lowest BCUT2D eigenvalue weighted by Crippen LogP contribution is -2.20. The van der Waals surface area contributed by atoms with Gasteiger partial charge in [-0.15, -0.1) is 0 Å². The first-order valence-corrected chi connectivity index (χ1v) is 6.82. The van der Waals surface area contributed by atoms with Crippen LogP contribution in [-0.4, -0.2) is 0 Å². The lowest BCUT2D eigenvalue weighted by Gasteiger charge is -2.33. The van der Waals surface area contributed by atoms with Gasteiger partial charge in [0, 0.05) is 0 Å². The van der Waals surface area contributed by atoms with Crippen molar-refractivity contribution in [3.8, 4) is 0 Å². The average Bonchev–Trinajstić information content (AvgIpc) is 2.31. The number of aryl methyl sites for hydroxylation is 1. The molecule has 0 spiro atoms. The van der Waals surface area contributed by atoms with Gasteiger partial charge in [-0.05, 0) is 43.1 Å². The fourth-order valence-corrected chi connectivity index (χ4v) is 3.02. The van der Waals surface area contributed by atoms with Gasteiger partial charge in [0.25, 0.3) is 0 Å². The second kappa shape index (κ2) is 5.52. The van der Waals surface area contributed by atoms with Gasteiger partial charge in [0.05, 0.1) is 0 Å². The molecule has 0 heterocycles. The minimum absolute atomic E-state index is 0.660. The molecule has 1 aliphatic carbocycles. The van der Waals surface area contributed by atoms with E-state index in [-0.39, 0.29) is 0 Å². The van der Waals surface area contributed by atoms with Gasteiger partial charge in [-0.25, -0.2) is 0 Å². The third kappa shape index (κ3) is 3.37. The van der Waals surface area contributed by atoms with Crippen LogP contribution in [0.3, 0.4) is 0 Å². The monoisotopic (exact) mass is 216 g/mol. The molecule has 1 saturated carbocycles. The maximum atomic E-state index is 2.50. The summed E-state index contributed by atoms with van der Waals surface area (Å²) < 4.78 is 0. The first kappa shape index (κ1) is 11.7. The van der Waals surface area contributed by atoms with Gasteiger partial charge >= 0.3 is 0 Å². The predicted molar refractivity (Wildman–Crippen MR) is 70.6 cm³/mol. The van der Waals surface area contributed by atoms with Gasteiger partial charge in [-0.3, -0.25) is 0 Å². The van der Waals surface area contributed by atoms with Crippen molar-refractivity contribution in [3.05, 3.63) is 35.9 Å². The van der Waals surface area contributed by atoms with Crippen molar-refractivity contribution in [2.45, 2.75) is 58.3 Å². The highest BCUT2D eigenvalue weighted by Gasteiger charge is 2.25. The highest BCUT2D eigenvalue weighted by Crippen LogP contribution is 2.39. The first-order valence-electron chi connectivity index (χ1n) is 6.82. The van der Waals surface area contributed by atoms with Gasteiger partial charge < -0.3 is 0 Å². The molecular formula is C16H24. The average molecular weight is 216 g/mol. The van der Waals surface area contributed by atoms with Crippen molar-refractivity contribution in [1.82, 2.24) is 0 Å². The van der Waals surface area contributed by atoms with Crippen molar-refractivity contribution in [2.75, 3.05) is 0 Å². The van der Waals surface area contributed by atoms with Gasteiger partial charge in [-0.2, -0.15) is 0 Å². The molecule has 16 heavy (non-hydrogen) atoms. The Bertz CT molecular complexity index is 293. The van der Waals surface area contributed by atoms with Crippen LogP contribution < -0.4 is 0 Å². The molecule has 0 heteroatoms. The molecule has 1 aromatic rings. The number of benzene rings is 1. The Morgan fingerprint density at radius 3 is 2.38 bits per heavy atom. The van der Waals surface area contributed by atoms with Crippen LogP contribution in [0.2, 0.25) is 0 Å². The molecular weight excluding hydrogens is 192 g/mol. The molecule has 0 nitrogen and oxygen atoms in total. The molecule has 0 amide bonds. The van der Waals surface area contributed by atoms with Gasteiger partial charge in [-0.1, -0.05) is 56.5 Å². The fourth-order valence-electron chi connectivity index (χ4n) is 3.02. The van der Waals surface area contributed by atoms with Crippen molar-refractivity contribution in [2.24, 2.45) is 5.41 Å². The normalized spacial score (nSPS) is 19.6. The van der Waals surface area contributed by atoms with E-state index in [0.717, 1.165) is 0 Å². The van der Waals surface area contributed by atoms with E-state index in [4.69, 9.17) is 0 Å². The quantitative estimate of drug-likeness (QED) is 0.666. The maximum Gasteiger partial charge on any atom is -0.0279 e. The summed E-state index contributed by atoms with van der Waals surface area (Å²) in [5.41, 5.74) is 2.16. The third-order valence-corrected chi connectivity index (χ3v) is 4.15. The molecule has 0 N–H and O–H groups in total. The maximum absolute atomic E-state index is 2.50. The summed E-state index contributed by atoms with van der Waals surface area (Å²) in [5, 5.41) is 0. The number of hydrogen-bond donors (Lipinski definition) is 0. The Morgan fingerprint density at radius 2 is 1.69 bits per heavy atom. The van der Waals surface area contributed by atoms with E-state index in [9.17, 15) is 0 Å². The van der Waals surface area contributed by atoms with Crippen molar-refractivity contribution in [1.29, 1.82) is 0 Å². The van der Waals surface area contributed by atoms with Gasteiger partial charge in [0.1, 0.15) is 0 Å². The van der Waals surface area contributed by atoms with Crippen LogP contribution in [0.4, 0.5) is 0 Å². The van der Waals surface area contributed by atoms with E-state index in [1.54, 1.807) is 0 Å². The summed E-state index contributed by atoms with van der Waals surface area (Å²) in [6.45, 7) is 2.50. The van der Waals surface area contributed by atoms with Crippen LogP contribution in [0, 0.1) is 5.41 Å². The Balaban J connectivity index is 1.75. The van der Waals surface area contributed by atoms with Gasteiger partial charge in [0.2, 0.25) is 0 Å². The summed E-state index contributed by atoms with van der Waals surface area (Å²) in [6, 6.07) is 10.9. The van der Waals surface area contributed by atoms with E-state index in [1.165, 1.54) is 56.9 Å². The van der Waals surface area contributed by atoms with E-state index < -0.39 is 0 Å². The molecule has 88 valence electrons. The topological polar surface area (TPSA) is 0 Å². The predicted octanol–water partition coefficient (Wildman–Crippen LogP) is 4.98. The number of rotatable bonds is 4. The molecule has 0 bridgehead atoms. The Morgan fingerprint density at radius 1 is 1.00 bits per heavy atom. The van der Waals surface area contributed by atoms with Crippen LogP contribution in [0.1, 0.15) is 57.4 Å². The van der Waals surface area contributed by atoms with E-state index in [0.29, 0.717) is 5.41 Å². The first-order chi connectivity index (χ1) is 7.79. The molecule has 1 fully saturated rings. The van der Waals surface area contributed by atoms with Crippen molar-refractivity contribution in [3.63, 3.8) is 0 Å². The highest BCUT2D eigenvalue weighted by molar-refractivity contribution is 5.14. The highest BCUT2D eigenvalue weighted by atomic mass is 14.3. The van der Waals surface area contributed by atoms with Crippen LogP contribution in [-0.2, 0) is 6.42 Å². The van der Waals surface area contributed by atoms with E-state index in [1.807, 2.05) is 0 Å². The van der Waals surface area contributed by atoms with Crippen molar-refractivity contribution >= 4 is 0 Å². The summed E-state index contributed by atoms with van der Waals surface area (Å²) in [7, 11) is 0. The molecule has 0 unspecified atom stereocenters. The zero-order valence-corrected chi connectivity index (χ0v) is 10.5. The minimum Gasteiger partial charge on any atom is -0.0622 e. The van der Waals surface area contributed by atoms with E-state index in [2.05, 4.69) is 37.3 Å². The van der Waals surface area contributed by atoms with Crippen LogP contribution in [0.25, 0.3) is 0 Å². The Kier molecular flexibility index (Phi) is 4.04.